The van der Waals surface area contributed by atoms with E-state index in [9.17, 15) is 18.0 Å². The van der Waals surface area contributed by atoms with Gasteiger partial charge in [-0.3, -0.25) is 4.79 Å². The molecule has 2 aliphatic heterocycles. The fraction of sp³-hybridized carbons (Fsp3) is 0.300. The highest BCUT2D eigenvalue weighted by Gasteiger charge is 2.62. The fourth-order valence-electron chi connectivity index (χ4n) is 3.70. The van der Waals surface area contributed by atoms with Crippen LogP contribution in [0.4, 0.5) is 13.2 Å². The molecule has 0 spiro atoms. The molecule has 6 nitrogen and oxygen atoms in total. The van der Waals surface area contributed by atoms with Gasteiger partial charge in [-0.2, -0.15) is 33.7 Å². The highest BCUT2D eigenvalue weighted by Crippen LogP contribution is 2.50. The molecular weight excluding hydrogens is 520 g/mol. The van der Waals surface area contributed by atoms with Gasteiger partial charge >= 0.3 is 6.18 Å². The molecule has 1 fully saturated rings. The number of oxime groups is 1. The van der Waals surface area contributed by atoms with E-state index in [1.165, 1.54) is 18.2 Å². The molecule has 33 heavy (non-hydrogen) atoms. The van der Waals surface area contributed by atoms with Crippen LogP contribution < -0.4 is 5.32 Å². The van der Waals surface area contributed by atoms with Gasteiger partial charge < -0.3 is 10.2 Å². The zero-order chi connectivity index (χ0) is 23.4. The van der Waals surface area contributed by atoms with E-state index in [1.807, 2.05) is 0 Å². The number of carbonyl (C=O) groups is 1. The second-order valence-corrected chi connectivity index (χ2v) is 10.1. The van der Waals surface area contributed by atoms with Gasteiger partial charge in [0.2, 0.25) is 0 Å². The molecule has 1 atom stereocenters. The van der Waals surface area contributed by atoms with Crippen molar-refractivity contribution in [2.75, 3.05) is 11.5 Å². The van der Waals surface area contributed by atoms with Crippen LogP contribution in [0.25, 0.3) is 11.0 Å². The standard InChI is InChI=1S/C20H13Cl2F3N4O2S2/c21-10-3-9(4-11(22)5-10)19(20(23,24)25)6-15(27-31-19)13-1-2-14(17-16(13)28-33-29-17)18(30)26-12-7-32-8-12/h1-5,12H,6-8H2,(H,26,30). The first kappa shape index (κ1) is 22.7. The van der Waals surface area contributed by atoms with Crippen LogP contribution >= 0.6 is 46.7 Å². The van der Waals surface area contributed by atoms with E-state index in [2.05, 4.69) is 19.2 Å². The molecular formula is C20H13Cl2F3N4O2S2. The van der Waals surface area contributed by atoms with Crippen molar-refractivity contribution in [3.05, 3.63) is 57.1 Å². The Balaban J connectivity index is 1.51. The van der Waals surface area contributed by atoms with E-state index >= 15 is 0 Å². The average Bonchev–Trinajstić information content (AvgIpc) is 3.37. The summed E-state index contributed by atoms with van der Waals surface area (Å²) >= 11 is 14.5. The summed E-state index contributed by atoms with van der Waals surface area (Å²) in [5.41, 5.74) is -1.77. The molecule has 2 aromatic carbocycles. The predicted molar refractivity (Wildman–Crippen MR) is 122 cm³/mol. The molecule has 2 aliphatic rings. The highest BCUT2D eigenvalue weighted by molar-refractivity contribution is 8.00. The number of amides is 1. The van der Waals surface area contributed by atoms with E-state index < -0.39 is 18.2 Å². The molecule has 1 N–H and O–H groups in total. The van der Waals surface area contributed by atoms with E-state index in [0.29, 0.717) is 22.2 Å². The summed E-state index contributed by atoms with van der Waals surface area (Å²) in [6.07, 6.45) is -5.43. The van der Waals surface area contributed by atoms with Gasteiger partial charge in [0.25, 0.3) is 11.5 Å². The maximum Gasteiger partial charge on any atom is 0.435 e. The molecule has 1 unspecified atom stereocenters. The number of benzene rings is 2. The Labute approximate surface area is 203 Å². The monoisotopic (exact) mass is 532 g/mol. The number of hydrogen-bond acceptors (Lipinski definition) is 7. The molecule has 1 aromatic heterocycles. The third-order valence-corrected chi connectivity index (χ3v) is 7.70. The van der Waals surface area contributed by atoms with Gasteiger partial charge in [0.05, 0.1) is 29.4 Å². The van der Waals surface area contributed by atoms with Crippen LogP contribution in [-0.4, -0.2) is 44.1 Å². The Morgan fingerprint density at radius 3 is 2.45 bits per heavy atom. The average molecular weight is 533 g/mol. The Morgan fingerprint density at radius 1 is 1.12 bits per heavy atom. The number of hydrogen-bond donors (Lipinski definition) is 1. The van der Waals surface area contributed by atoms with Crippen LogP contribution in [0, 0.1) is 0 Å². The SMILES string of the molecule is O=C(NC1CSC1)c1ccc(C2=NOC(c3cc(Cl)cc(Cl)c3)(C(F)(F)F)C2)c2nsnc12. The maximum atomic E-state index is 14.3. The molecule has 0 radical (unpaired) electrons. The summed E-state index contributed by atoms with van der Waals surface area (Å²) in [6, 6.07) is 6.79. The summed E-state index contributed by atoms with van der Waals surface area (Å²) in [5, 5.41) is 6.79. The van der Waals surface area contributed by atoms with Crippen LogP contribution in [0.15, 0.2) is 35.5 Å². The zero-order valence-corrected chi connectivity index (χ0v) is 19.6. The molecule has 0 bridgehead atoms. The summed E-state index contributed by atoms with van der Waals surface area (Å²) < 4.78 is 51.2. The van der Waals surface area contributed by atoms with Gasteiger partial charge in [0.1, 0.15) is 11.0 Å². The maximum absolute atomic E-state index is 14.3. The zero-order valence-electron chi connectivity index (χ0n) is 16.4. The normalized spacial score (nSPS) is 20.9. The van der Waals surface area contributed by atoms with Gasteiger partial charge in [-0.05, 0) is 30.3 Å². The fourth-order valence-corrected chi connectivity index (χ4v) is 5.44. The van der Waals surface area contributed by atoms with Crippen LogP contribution in [-0.2, 0) is 10.4 Å². The minimum atomic E-state index is -4.81. The number of thioether (sulfide) groups is 1. The van der Waals surface area contributed by atoms with Crippen molar-refractivity contribution < 1.29 is 22.8 Å². The van der Waals surface area contributed by atoms with Gasteiger partial charge in [-0.15, -0.1) is 0 Å². The van der Waals surface area contributed by atoms with Gasteiger partial charge in [0.15, 0.2) is 0 Å². The second-order valence-electron chi connectivity index (χ2n) is 7.62. The number of nitrogens with zero attached hydrogens (tertiary/aromatic N) is 3. The lowest BCUT2D eigenvalue weighted by Crippen LogP contribution is -2.43. The minimum Gasteiger partial charge on any atom is -0.374 e. The van der Waals surface area contributed by atoms with Crippen molar-refractivity contribution in [3.63, 3.8) is 0 Å². The van der Waals surface area contributed by atoms with Crippen molar-refractivity contribution in [2.24, 2.45) is 5.16 Å². The molecule has 1 amide bonds. The van der Waals surface area contributed by atoms with Crippen LogP contribution in [0.1, 0.15) is 27.9 Å². The van der Waals surface area contributed by atoms with Crippen LogP contribution in [0.5, 0.6) is 0 Å². The molecule has 172 valence electrons. The molecule has 1 saturated heterocycles. The summed E-state index contributed by atoms with van der Waals surface area (Å²) in [4.78, 5) is 17.7. The first-order valence-corrected chi connectivity index (χ1v) is 12.2. The smallest absolute Gasteiger partial charge is 0.374 e. The summed E-state index contributed by atoms with van der Waals surface area (Å²) in [5.74, 6) is 1.37. The summed E-state index contributed by atoms with van der Waals surface area (Å²) in [6.45, 7) is 0. The third-order valence-electron chi connectivity index (χ3n) is 5.46. The van der Waals surface area contributed by atoms with Crippen LogP contribution in [0.2, 0.25) is 10.0 Å². The number of aromatic nitrogens is 2. The van der Waals surface area contributed by atoms with Crippen molar-refractivity contribution in [3.8, 4) is 0 Å². The Morgan fingerprint density at radius 2 is 1.82 bits per heavy atom. The second kappa shape index (κ2) is 8.30. The molecule has 5 rings (SSSR count). The van der Waals surface area contributed by atoms with Crippen molar-refractivity contribution in [1.29, 1.82) is 0 Å². The topological polar surface area (TPSA) is 76.5 Å². The minimum absolute atomic E-state index is 0.0310. The van der Waals surface area contributed by atoms with E-state index in [-0.39, 0.29) is 33.3 Å². The van der Waals surface area contributed by atoms with Gasteiger partial charge in [0, 0.05) is 38.7 Å². The van der Waals surface area contributed by atoms with Gasteiger partial charge in [-0.1, -0.05) is 28.4 Å². The highest BCUT2D eigenvalue weighted by atomic mass is 35.5. The lowest BCUT2D eigenvalue weighted by molar-refractivity contribution is -0.275. The quantitative estimate of drug-likeness (QED) is 0.485. The Bertz CT molecular complexity index is 1280. The van der Waals surface area contributed by atoms with E-state index in [0.717, 1.165) is 35.4 Å². The lowest BCUT2D eigenvalue weighted by Gasteiger charge is -2.29. The molecule has 13 heteroatoms. The first-order chi connectivity index (χ1) is 15.7. The first-order valence-electron chi connectivity index (χ1n) is 9.60. The number of fused-ring (bicyclic) bond motifs is 1. The summed E-state index contributed by atoms with van der Waals surface area (Å²) in [7, 11) is 0. The predicted octanol–water partition coefficient (Wildman–Crippen LogP) is 5.43. The number of alkyl halides is 3. The van der Waals surface area contributed by atoms with Crippen LogP contribution in [0.3, 0.4) is 0 Å². The number of carbonyl (C=O) groups excluding carboxylic acids is 1. The van der Waals surface area contributed by atoms with E-state index in [4.69, 9.17) is 28.0 Å². The molecule has 0 saturated carbocycles. The third kappa shape index (κ3) is 3.94. The Hall–Kier alpha value is -2.08. The van der Waals surface area contributed by atoms with Gasteiger partial charge in [-0.25, -0.2) is 0 Å². The largest absolute Gasteiger partial charge is 0.435 e. The Kier molecular flexibility index (Phi) is 5.71. The lowest BCUT2D eigenvalue weighted by atomic mass is 9.86. The molecule has 3 heterocycles. The number of rotatable bonds is 4. The molecule has 3 aromatic rings. The van der Waals surface area contributed by atoms with Crippen molar-refractivity contribution in [2.45, 2.75) is 24.2 Å². The number of halogens is 5. The molecule has 0 aliphatic carbocycles. The van der Waals surface area contributed by atoms with E-state index in [1.54, 1.807) is 11.8 Å². The van der Waals surface area contributed by atoms with Crippen molar-refractivity contribution in [1.82, 2.24) is 14.1 Å². The van der Waals surface area contributed by atoms with Crippen molar-refractivity contribution >= 4 is 69.3 Å². The number of nitrogens with one attached hydrogen (secondary N) is 1.